The Morgan fingerprint density at radius 1 is 0.360 bits per heavy atom. The first-order valence-electron chi connectivity index (χ1n) is 39.1. The average molecular weight is 2070 g/mol. The van der Waals surface area contributed by atoms with Gasteiger partial charge in [-0.1, -0.05) is 112 Å². The lowest BCUT2D eigenvalue weighted by Gasteiger charge is -2.39. The van der Waals surface area contributed by atoms with Gasteiger partial charge in [-0.3, -0.25) is 49.9 Å². The number of nitrogens with zero attached hydrogens (tertiary/aromatic N) is 12. The fourth-order valence-corrected chi connectivity index (χ4v) is 24.5. The van der Waals surface area contributed by atoms with Gasteiger partial charge >= 0.3 is 24.4 Å². The molecule has 34 nitrogen and oxygen atoms in total. The minimum atomic E-state index is -4.02. The van der Waals surface area contributed by atoms with Crippen LogP contribution in [0.15, 0.2) is 213 Å². The maximum absolute atomic E-state index is 13.7. The minimum Gasteiger partial charge on any atom is -0.444 e. The molecule has 8 aliphatic heterocycles. The number of amides is 4. The average Bonchev–Trinajstić information content (AvgIpc) is 0.789. The summed E-state index contributed by atoms with van der Waals surface area (Å²) in [6.07, 6.45) is 1.87. The number of piperidine rings is 4. The van der Waals surface area contributed by atoms with Crippen molar-refractivity contribution in [3.8, 4) is 0 Å². The van der Waals surface area contributed by atoms with Gasteiger partial charge < -0.3 is 23.8 Å². The second kappa shape index (κ2) is 38.0. The van der Waals surface area contributed by atoms with Crippen LogP contribution in [0.1, 0.15) is 73.6 Å². The summed E-state index contributed by atoms with van der Waals surface area (Å²) in [4.78, 5) is 89.4. The molecule has 4 fully saturated rings. The fourth-order valence-electron chi connectivity index (χ4n) is 16.4. The van der Waals surface area contributed by atoms with Crippen molar-refractivity contribution in [1.82, 2.24) is 17.2 Å². The zero-order valence-electron chi connectivity index (χ0n) is 66.6. The molecule has 125 heavy (non-hydrogen) atoms. The van der Waals surface area contributed by atoms with Crippen molar-refractivity contribution in [2.24, 2.45) is 0 Å². The molecule has 0 atom stereocenters. The molecule has 17 rings (SSSR count). The van der Waals surface area contributed by atoms with Crippen LogP contribution in [0.4, 0.5) is 64.7 Å². The molecule has 0 aromatic heterocycles. The number of ether oxygens (including phenoxy) is 4. The Morgan fingerprint density at radius 2 is 0.680 bits per heavy atom. The molecule has 9 aromatic rings. The van der Waals surface area contributed by atoms with Crippen molar-refractivity contribution in [1.29, 1.82) is 0 Å². The van der Waals surface area contributed by atoms with E-state index in [0.29, 0.717) is 69.4 Å². The number of para-hydroxylation sites is 1. The molecule has 0 saturated carbocycles. The van der Waals surface area contributed by atoms with Crippen molar-refractivity contribution in [3.05, 3.63) is 251 Å². The summed E-state index contributed by atoms with van der Waals surface area (Å²) < 4.78 is 135. The molecular weight excluding hydrogens is 1990 g/mol. The predicted molar refractivity (Wildman–Crippen MR) is 477 cm³/mol. The molecule has 4 saturated heterocycles. The van der Waals surface area contributed by atoms with Crippen LogP contribution in [0.3, 0.4) is 0 Å². The SMILES string of the molecule is CN(C)c1cccc2c(S(=O)(=O)N3CCC(N4C(=O)OCc5cc(Br)ccc54)CC3)cccc12.O=C1OCc2cc(Br)ccc2N1C1CCN(S(=O)(=O)c2ccc(Cl)c([N+](=O)[O-])c2)CC1.O=C1OCc2cc(Br)ccc2N1C1CCN(S(=O)(=O)c2ccc([N+](=O)[O-])cc2)CC1.O=C1OCc2cc(Br)ccc2N1C1CCN(S(=O)(=O)c2ccccc2[N+](=O)[O-])CC1. The third kappa shape index (κ3) is 19.4. The van der Waals surface area contributed by atoms with Crippen LogP contribution in [0.5, 0.6) is 0 Å². The maximum Gasteiger partial charge on any atom is 0.414 e. The molecule has 0 spiro atoms. The molecule has 0 aliphatic carbocycles. The van der Waals surface area contributed by atoms with Gasteiger partial charge in [-0.05, 0) is 167 Å². The lowest BCUT2D eigenvalue weighted by Crippen LogP contribution is -2.50. The Hall–Kier alpha value is -9.83. The van der Waals surface area contributed by atoms with E-state index in [4.69, 9.17) is 30.5 Å². The standard InChI is InChI=1S/C25H26BrN3O4S.C19H17BrClN3O6S.2C19H18BrN3O6S/c1-27(2)23-7-3-6-21-20(23)5-4-8-24(21)34(31,32)28-13-11-19(12-14-28)29-22-10-9-18(26)15-17(22)16-33-25(29)30;20-13-1-4-17-12(9-13)11-30-19(25)23(17)14-5-7-22(8-6-14)31(28,29)15-2-3-16(21)18(10-15)24(26)27;20-14-1-6-18-13(11-14)12-29-19(24)22(18)15-7-9-21(10-8-15)30(27,28)17-4-2-16(3-5-17)23(25)26;20-14-5-6-16-13(11-14)12-29-19(24)22(16)15-7-9-21(10-8-15)30(27,28)18-4-2-1-3-17(18)23(25)26/h3-10,15,19H,11-14,16H2,1-2H3;1-4,9-10,14H,5-8,11H2;2*1-6,11,15H,7-10,12H2. The van der Waals surface area contributed by atoms with E-state index < -0.39 is 84.5 Å². The normalized spacial score (nSPS) is 17.8. The van der Waals surface area contributed by atoms with E-state index >= 15 is 0 Å². The molecule has 43 heteroatoms. The topological polar surface area (TPSA) is 400 Å². The highest BCUT2D eigenvalue weighted by Gasteiger charge is 2.44. The van der Waals surface area contributed by atoms with Crippen molar-refractivity contribution in [3.63, 3.8) is 0 Å². The second-order valence-corrected chi connectivity index (χ2v) is 42.0. The van der Waals surface area contributed by atoms with Gasteiger partial charge in [0, 0.05) is 171 Å². The lowest BCUT2D eigenvalue weighted by atomic mass is 10.0. The number of benzene rings is 9. The smallest absolute Gasteiger partial charge is 0.414 e. The van der Waals surface area contributed by atoms with Gasteiger partial charge in [-0.15, -0.1) is 0 Å². The number of halogens is 5. The van der Waals surface area contributed by atoms with Crippen molar-refractivity contribution in [2.75, 3.05) is 91.0 Å². The van der Waals surface area contributed by atoms with E-state index in [1.54, 1.807) is 36.0 Å². The van der Waals surface area contributed by atoms with Gasteiger partial charge in [0.1, 0.15) is 31.5 Å². The number of hydrogen-bond donors (Lipinski definition) is 0. The van der Waals surface area contributed by atoms with Gasteiger partial charge in [-0.2, -0.15) is 17.2 Å². The Balaban J connectivity index is 0.000000136. The molecule has 0 unspecified atom stereocenters. The van der Waals surface area contributed by atoms with E-state index in [1.807, 2.05) is 116 Å². The van der Waals surface area contributed by atoms with E-state index in [2.05, 4.69) is 63.7 Å². The fraction of sp³-hybridized carbons (Fsp3) is 0.317. The van der Waals surface area contributed by atoms with Gasteiger partial charge in [0.05, 0.1) is 52.2 Å². The van der Waals surface area contributed by atoms with E-state index in [0.717, 1.165) is 85.4 Å². The molecule has 8 aliphatic rings. The Bertz CT molecular complexity index is 6240. The lowest BCUT2D eigenvalue weighted by molar-refractivity contribution is -0.387. The number of carbonyl (C=O) groups is 4. The number of fused-ring (bicyclic) bond motifs is 5. The van der Waals surface area contributed by atoms with Crippen LogP contribution in [0, 0.1) is 30.3 Å². The summed E-state index contributed by atoms with van der Waals surface area (Å²) >= 11 is 19.5. The first kappa shape index (κ1) is 91.4. The quantitative estimate of drug-likeness (QED) is 0.0492. The van der Waals surface area contributed by atoms with E-state index in [1.165, 1.54) is 73.6 Å². The summed E-state index contributed by atoms with van der Waals surface area (Å²) in [6, 6.07) is 46.6. The summed E-state index contributed by atoms with van der Waals surface area (Å²) in [5.74, 6) is 0. The van der Waals surface area contributed by atoms with Crippen molar-refractivity contribution >= 4 is 196 Å². The molecule has 658 valence electrons. The summed E-state index contributed by atoms with van der Waals surface area (Å²) in [5, 5.41) is 34.6. The number of cyclic esters (lactones) is 4. The summed E-state index contributed by atoms with van der Waals surface area (Å²) in [5.41, 5.74) is 6.62. The van der Waals surface area contributed by atoms with Crippen molar-refractivity contribution in [2.45, 2.75) is 122 Å². The molecular formula is C82H79Br4ClN12O22S4. The van der Waals surface area contributed by atoms with Crippen LogP contribution in [0.2, 0.25) is 5.02 Å². The van der Waals surface area contributed by atoms with Gasteiger partial charge in [-0.25, -0.2) is 52.8 Å². The second-order valence-electron chi connectivity index (χ2n) is 30.2. The number of sulfonamides is 4. The number of carbonyl (C=O) groups excluding carboxylic acids is 4. The molecule has 0 bridgehead atoms. The number of anilines is 5. The number of hydrogen-bond acceptors (Lipinski definition) is 23. The summed E-state index contributed by atoms with van der Waals surface area (Å²) in [7, 11) is -11.5. The first-order valence-corrected chi connectivity index (χ1v) is 48.4. The van der Waals surface area contributed by atoms with Crippen LogP contribution in [0.25, 0.3) is 10.8 Å². The monoisotopic (exact) mass is 2060 g/mol. The predicted octanol–water partition coefficient (Wildman–Crippen LogP) is 16.6. The van der Waals surface area contributed by atoms with Crippen LogP contribution in [-0.2, 0) is 85.5 Å². The zero-order chi connectivity index (χ0) is 89.3. The largest absolute Gasteiger partial charge is 0.444 e. The maximum atomic E-state index is 13.7. The molecule has 8 heterocycles. The van der Waals surface area contributed by atoms with E-state index in [9.17, 15) is 83.2 Å². The van der Waals surface area contributed by atoms with Crippen molar-refractivity contribution < 1.29 is 86.6 Å². The van der Waals surface area contributed by atoms with Crippen LogP contribution in [-0.4, -0.2) is 181 Å². The highest BCUT2D eigenvalue weighted by Crippen LogP contribution is 2.43. The first-order chi connectivity index (χ1) is 59.5. The third-order valence-electron chi connectivity index (χ3n) is 22.6. The molecule has 9 aromatic carbocycles. The third-order valence-corrected chi connectivity index (χ3v) is 32.6. The molecule has 0 N–H and O–H groups in total. The number of rotatable bonds is 16. The van der Waals surface area contributed by atoms with Gasteiger partial charge in [0.25, 0.3) is 17.1 Å². The number of nitro benzene ring substituents is 3. The highest BCUT2D eigenvalue weighted by atomic mass is 79.9. The highest BCUT2D eigenvalue weighted by molar-refractivity contribution is 9.11. The number of non-ortho nitro benzene ring substituents is 1. The van der Waals surface area contributed by atoms with Crippen LogP contribution >= 0.6 is 75.3 Å². The van der Waals surface area contributed by atoms with Gasteiger partial charge in [0.15, 0.2) is 4.90 Å². The molecule has 4 amide bonds. The van der Waals surface area contributed by atoms with Gasteiger partial charge in [0.2, 0.25) is 40.1 Å². The van der Waals surface area contributed by atoms with Crippen LogP contribution < -0.4 is 24.5 Å². The Morgan fingerprint density at radius 3 is 1.04 bits per heavy atom. The number of nitro groups is 3. The Labute approximate surface area is 757 Å². The minimum absolute atomic E-state index is 0.0131. The zero-order valence-corrected chi connectivity index (χ0v) is 76.9. The molecule has 0 radical (unpaired) electrons. The van der Waals surface area contributed by atoms with E-state index in [-0.39, 0.29) is 121 Å². The Kier molecular flexibility index (Phi) is 27.8. The summed E-state index contributed by atoms with van der Waals surface area (Å²) in [6.45, 7) is 2.60.